The van der Waals surface area contributed by atoms with Gasteiger partial charge in [-0.25, -0.2) is 8.42 Å². The third-order valence-corrected chi connectivity index (χ3v) is 4.58. The van der Waals surface area contributed by atoms with E-state index in [-0.39, 0.29) is 11.2 Å². The predicted octanol–water partition coefficient (Wildman–Crippen LogP) is 3.06. The fourth-order valence-electron chi connectivity index (χ4n) is 1.73. The second kappa shape index (κ2) is 5.37. The minimum absolute atomic E-state index is 0.121. The number of hydrogen-bond donors (Lipinski definition) is 0. The van der Waals surface area contributed by atoms with E-state index in [0.717, 1.165) is 9.13 Å². The van der Waals surface area contributed by atoms with E-state index in [1.54, 1.807) is 0 Å². The zero-order chi connectivity index (χ0) is 14.2. The predicted molar refractivity (Wildman–Crippen MR) is 81.6 cm³/mol. The number of rotatable bonds is 3. The Morgan fingerprint density at radius 1 is 1.26 bits per heavy atom. The van der Waals surface area contributed by atoms with Crippen LogP contribution in [0.1, 0.15) is 19.9 Å². The van der Waals surface area contributed by atoms with Crippen LogP contribution in [0.25, 0.3) is 11.4 Å². The Morgan fingerprint density at radius 3 is 2.42 bits per heavy atom. The van der Waals surface area contributed by atoms with Crippen molar-refractivity contribution in [3.05, 3.63) is 27.8 Å². The van der Waals surface area contributed by atoms with E-state index in [4.69, 9.17) is 10.7 Å². The standard InChI is InChI=1S/C11H11ClIN3O2S/c1-7(2)16-10(8-5-3-4-6-9(8)13)14-15-11(16)19(12,17)18/h3-7H,1-2H3. The fraction of sp³-hybridized carbons (Fsp3) is 0.273. The number of nitrogens with zero attached hydrogens (tertiary/aromatic N) is 3. The molecule has 0 aliphatic heterocycles. The molecule has 0 fully saturated rings. The third-order valence-electron chi connectivity index (χ3n) is 2.51. The van der Waals surface area contributed by atoms with E-state index >= 15 is 0 Å². The highest BCUT2D eigenvalue weighted by atomic mass is 127. The van der Waals surface area contributed by atoms with E-state index in [9.17, 15) is 8.42 Å². The number of hydrogen-bond acceptors (Lipinski definition) is 4. The summed E-state index contributed by atoms with van der Waals surface area (Å²) in [5.41, 5.74) is 0.830. The molecule has 0 unspecified atom stereocenters. The summed E-state index contributed by atoms with van der Waals surface area (Å²) in [7, 11) is 1.48. The average Bonchev–Trinajstić information content (AvgIpc) is 2.73. The van der Waals surface area contributed by atoms with Crippen LogP contribution in [0.2, 0.25) is 0 Å². The van der Waals surface area contributed by atoms with Gasteiger partial charge in [-0.2, -0.15) is 0 Å². The largest absolute Gasteiger partial charge is 0.296 e. The van der Waals surface area contributed by atoms with Gasteiger partial charge in [0.15, 0.2) is 5.82 Å². The van der Waals surface area contributed by atoms with Crippen molar-refractivity contribution in [3.8, 4) is 11.4 Å². The van der Waals surface area contributed by atoms with E-state index < -0.39 is 9.05 Å². The molecule has 0 N–H and O–H groups in total. The zero-order valence-corrected chi connectivity index (χ0v) is 13.9. The molecule has 2 rings (SSSR count). The average molecular weight is 412 g/mol. The monoisotopic (exact) mass is 411 g/mol. The van der Waals surface area contributed by atoms with E-state index in [0.29, 0.717) is 5.82 Å². The van der Waals surface area contributed by atoms with E-state index in [1.807, 2.05) is 38.1 Å². The van der Waals surface area contributed by atoms with Crippen LogP contribution in [-0.2, 0) is 9.05 Å². The molecule has 0 aliphatic rings. The maximum Gasteiger partial charge on any atom is 0.296 e. The number of aromatic nitrogens is 3. The van der Waals surface area contributed by atoms with Gasteiger partial charge in [0.05, 0.1) is 0 Å². The van der Waals surface area contributed by atoms with E-state index in [2.05, 4.69) is 32.8 Å². The SMILES string of the molecule is CC(C)n1c(-c2ccccc2I)nnc1S(=O)(=O)Cl. The minimum Gasteiger partial charge on any atom is -0.294 e. The Hall–Kier alpha value is -0.670. The molecular weight excluding hydrogens is 401 g/mol. The van der Waals surface area contributed by atoms with Crippen molar-refractivity contribution in [1.29, 1.82) is 0 Å². The van der Waals surface area contributed by atoms with Crippen molar-refractivity contribution >= 4 is 42.3 Å². The lowest BCUT2D eigenvalue weighted by molar-refractivity contribution is 0.530. The topological polar surface area (TPSA) is 64.8 Å². The second-order valence-electron chi connectivity index (χ2n) is 4.19. The molecule has 102 valence electrons. The van der Waals surface area contributed by atoms with Crippen LogP contribution in [0.4, 0.5) is 0 Å². The van der Waals surface area contributed by atoms with Gasteiger partial charge in [0.25, 0.3) is 14.2 Å². The highest BCUT2D eigenvalue weighted by molar-refractivity contribution is 14.1. The Kier molecular flexibility index (Phi) is 4.17. The molecule has 0 radical (unpaired) electrons. The highest BCUT2D eigenvalue weighted by Crippen LogP contribution is 2.29. The summed E-state index contributed by atoms with van der Waals surface area (Å²) in [5, 5.41) is 7.47. The van der Waals surface area contributed by atoms with Crippen LogP contribution in [0.5, 0.6) is 0 Å². The van der Waals surface area contributed by atoms with Gasteiger partial charge in [-0.1, -0.05) is 18.2 Å². The van der Waals surface area contributed by atoms with Crippen LogP contribution in [0.3, 0.4) is 0 Å². The molecule has 0 saturated carbocycles. The smallest absolute Gasteiger partial charge is 0.294 e. The molecule has 19 heavy (non-hydrogen) atoms. The van der Waals surface area contributed by atoms with Crippen LogP contribution >= 0.6 is 33.3 Å². The normalized spacial score (nSPS) is 12.1. The van der Waals surface area contributed by atoms with Gasteiger partial charge in [0, 0.05) is 25.9 Å². The van der Waals surface area contributed by atoms with Gasteiger partial charge in [-0.05, 0) is 42.5 Å². The third kappa shape index (κ3) is 2.92. The quantitative estimate of drug-likeness (QED) is 0.575. The summed E-state index contributed by atoms with van der Waals surface area (Å²) in [6, 6.07) is 7.44. The summed E-state index contributed by atoms with van der Waals surface area (Å²) in [5.74, 6) is 0.499. The molecule has 0 amide bonds. The lowest BCUT2D eigenvalue weighted by atomic mass is 10.2. The molecular formula is C11H11ClIN3O2S. The van der Waals surface area contributed by atoms with Crippen LogP contribution in [0, 0.1) is 3.57 Å². The fourth-order valence-corrected chi connectivity index (χ4v) is 3.35. The summed E-state index contributed by atoms with van der Waals surface area (Å²) < 4.78 is 25.5. The summed E-state index contributed by atoms with van der Waals surface area (Å²) in [4.78, 5) is 0. The molecule has 0 atom stereocenters. The summed E-state index contributed by atoms with van der Waals surface area (Å²) in [6.07, 6.45) is 0. The molecule has 8 heteroatoms. The zero-order valence-electron chi connectivity index (χ0n) is 10.2. The first kappa shape index (κ1) is 14.7. The molecule has 5 nitrogen and oxygen atoms in total. The van der Waals surface area contributed by atoms with Crippen molar-refractivity contribution in [2.45, 2.75) is 25.0 Å². The second-order valence-corrected chi connectivity index (χ2v) is 7.81. The van der Waals surface area contributed by atoms with E-state index in [1.165, 1.54) is 4.57 Å². The lowest BCUT2D eigenvalue weighted by Crippen LogP contribution is -2.10. The molecule has 0 aliphatic carbocycles. The summed E-state index contributed by atoms with van der Waals surface area (Å²) in [6.45, 7) is 3.71. The Bertz CT molecular complexity index is 712. The molecule has 1 aromatic heterocycles. The maximum atomic E-state index is 11.5. The molecule has 0 bridgehead atoms. The molecule has 0 saturated heterocycles. The Labute approximate surface area is 129 Å². The first-order valence-electron chi connectivity index (χ1n) is 5.47. The highest BCUT2D eigenvalue weighted by Gasteiger charge is 2.25. The molecule has 1 heterocycles. The first-order chi connectivity index (χ1) is 8.82. The van der Waals surface area contributed by atoms with Crippen molar-refractivity contribution < 1.29 is 8.42 Å². The van der Waals surface area contributed by atoms with Gasteiger partial charge < -0.3 is 0 Å². The number of halogens is 2. The van der Waals surface area contributed by atoms with Crippen molar-refractivity contribution in [3.63, 3.8) is 0 Å². The summed E-state index contributed by atoms with van der Waals surface area (Å²) >= 11 is 2.17. The van der Waals surface area contributed by atoms with Crippen LogP contribution in [0.15, 0.2) is 29.4 Å². The Morgan fingerprint density at radius 2 is 1.89 bits per heavy atom. The minimum atomic E-state index is -3.92. The maximum absolute atomic E-state index is 11.5. The molecule has 0 spiro atoms. The number of benzene rings is 1. The first-order valence-corrected chi connectivity index (χ1v) is 8.85. The van der Waals surface area contributed by atoms with Crippen molar-refractivity contribution in [2.24, 2.45) is 0 Å². The van der Waals surface area contributed by atoms with Gasteiger partial charge in [0.2, 0.25) is 0 Å². The molecule has 2 aromatic rings. The van der Waals surface area contributed by atoms with Gasteiger partial charge >= 0.3 is 0 Å². The van der Waals surface area contributed by atoms with Gasteiger partial charge in [0.1, 0.15) is 0 Å². The van der Waals surface area contributed by atoms with Crippen molar-refractivity contribution in [1.82, 2.24) is 14.8 Å². The van der Waals surface area contributed by atoms with Gasteiger partial charge in [-0.3, -0.25) is 4.57 Å². The van der Waals surface area contributed by atoms with Crippen LogP contribution < -0.4 is 0 Å². The van der Waals surface area contributed by atoms with Gasteiger partial charge in [-0.15, -0.1) is 10.2 Å². The van der Waals surface area contributed by atoms with Crippen molar-refractivity contribution in [2.75, 3.05) is 0 Å². The Balaban J connectivity index is 2.74. The lowest BCUT2D eigenvalue weighted by Gasteiger charge is -2.13. The van der Waals surface area contributed by atoms with Crippen LogP contribution in [-0.4, -0.2) is 23.2 Å². The molecule has 1 aromatic carbocycles.